The Morgan fingerprint density at radius 3 is 2.22 bits per heavy atom. The number of nitrogens with zero attached hydrogens (tertiary/aromatic N) is 2. The summed E-state index contributed by atoms with van der Waals surface area (Å²) in [5, 5.41) is 7.08. The van der Waals surface area contributed by atoms with E-state index in [-0.39, 0.29) is 5.92 Å². The molecule has 12 rings (SSSR count). The van der Waals surface area contributed by atoms with Crippen LogP contribution in [-0.4, -0.2) is 4.57 Å². The highest BCUT2D eigenvalue weighted by molar-refractivity contribution is 6.11. The van der Waals surface area contributed by atoms with Gasteiger partial charge in [-0.1, -0.05) is 133 Å². The van der Waals surface area contributed by atoms with Crippen molar-refractivity contribution in [2.45, 2.75) is 25.2 Å². The van der Waals surface area contributed by atoms with Crippen LogP contribution in [0.5, 0.6) is 0 Å². The summed E-state index contributed by atoms with van der Waals surface area (Å²) in [6.45, 7) is 0. The van der Waals surface area contributed by atoms with Crippen molar-refractivity contribution in [1.82, 2.24) is 4.57 Å². The Balaban J connectivity index is 1.01. The number of para-hydroxylation sites is 5. The molecule has 7 aromatic carbocycles. The van der Waals surface area contributed by atoms with E-state index in [9.17, 15) is 0 Å². The molecule has 0 N–H and O–H groups in total. The van der Waals surface area contributed by atoms with E-state index < -0.39 is 0 Å². The fraction of sp³-hybridized carbons (Fsp3) is 0.0741. The fourth-order valence-electron chi connectivity index (χ4n) is 9.52. The lowest BCUT2D eigenvalue weighted by molar-refractivity contribution is 0.566. The number of rotatable bonds is 6. The van der Waals surface area contributed by atoms with Gasteiger partial charge in [-0.05, 0) is 90.6 Å². The van der Waals surface area contributed by atoms with Crippen molar-refractivity contribution in [2.24, 2.45) is 0 Å². The first-order valence-electron chi connectivity index (χ1n) is 20.3. The van der Waals surface area contributed by atoms with E-state index in [2.05, 4.69) is 191 Å². The summed E-state index contributed by atoms with van der Waals surface area (Å²) in [4.78, 5) is 2.40. The highest BCUT2D eigenvalue weighted by atomic mass is 16.3. The fourth-order valence-corrected chi connectivity index (χ4v) is 9.52. The molecule has 4 nitrogen and oxygen atoms in total. The van der Waals surface area contributed by atoms with Gasteiger partial charge in [-0.2, -0.15) is 0 Å². The van der Waals surface area contributed by atoms with Gasteiger partial charge >= 0.3 is 0 Å². The van der Waals surface area contributed by atoms with Gasteiger partial charge < -0.3 is 18.3 Å². The summed E-state index contributed by atoms with van der Waals surface area (Å²) in [6, 6.07) is 58.7. The summed E-state index contributed by atoms with van der Waals surface area (Å²) < 4.78 is 15.8. The number of fused-ring (bicyclic) bond motifs is 9. The van der Waals surface area contributed by atoms with Gasteiger partial charge in [0.1, 0.15) is 11.2 Å². The number of anilines is 2. The van der Waals surface area contributed by atoms with Gasteiger partial charge in [-0.15, -0.1) is 0 Å². The third-order valence-corrected chi connectivity index (χ3v) is 12.2. The summed E-state index contributed by atoms with van der Waals surface area (Å²) in [7, 11) is 0. The predicted octanol–water partition coefficient (Wildman–Crippen LogP) is 13.1. The largest absolute Gasteiger partial charge is 0.454 e. The molecule has 0 saturated heterocycles. The van der Waals surface area contributed by atoms with Gasteiger partial charge in [-0.3, -0.25) is 0 Å². The molecule has 0 radical (unpaired) electrons. The molecular formula is C54H38N2O2. The Morgan fingerprint density at radius 1 is 0.586 bits per heavy atom. The van der Waals surface area contributed by atoms with Crippen molar-refractivity contribution in [2.75, 3.05) is 4.90 Å². The van der Waals surface area contributed by atoms with Gasteiger partial charge in [0, 0.05) is 49.4 Å². The molecule has 0 bridgehead atoms. The maximum atomic E-state index is 6.73. The lowest BCUT2D eigenvalue weighted by atomic mass is 9.87. The monoisotopic (exact) mass is 746 g/mol. The first-order valence-corrected chi connectivity index (χ1v) is 20.3. The molecule has 0 aliphatic heterocycles. The number of aromatic nitrogens is 1. The van der Waals surface area contributed by atoms with Crippen LogP contribution in [0.1, 0.15) is 36.3 Å². The highest BCUT2D eigenvalue weighted by Crippen LogP contribution is 2.43. The number of furan rings is 2. The summed E-state index contributed by atoms with van der Waals surface area (Å²) >= 11 is 0. The maximum absolute atomic E-state index is 6.73. The van der Waals surface area contributed by atoms with Crippen molar-refractivity contribution in [3.8, 4) is 5.69 Å². The average Bonchev–Trinajstić information content (AvgIpc) is 3.97. The summed E-state index contributed by atoms with van der Waals surface area (Å²) in [6.07, 6.45) is 12.1. The van der Waals surface area contributed by atoms with E-state index in [1.165, 1.54) is 49.4 Å². The molecule has 2 aliphatic carbocycles. The quantitative estimate of drug-likeness (QED) is 0.170. The third-order valence-electron chi connectivity index (χ3n) is 12.2. The second kappa shape index (κ2) is 13.1. The normalized spacial score (nSPS) is 15.3. The van der Waals surface area contributed by atoms with Crippen LogP contribution in [0.3, 0.4) is 0 Å². The topological polar surface area (TPSA) is 34.5 Å². The average molecular weight is 747 g/mol. The Bertz CT molecular complexity index is 3450. The van der Waals surface area contributed by atoms with E-state index in [0.717, 1.165) is 74.7 Å². The molecule has 2 aliphatic rings. The van der Waals surface area contributed by atoms with Crippen LogP contribution < -0.4 is 15.5 Å². The van der Waals surface area contributed by atoms with Crippen LogP contribution in [0, 0.1) is 0 Å². The van der Waals surface area contributed by atoms with E-state index in [1.54, 1.807) is 0 Å². The van der Waals surface area contributed by atoms with Gasteiger partial charge in [-0.25, -0.2) is 0 Å². The van der Waals surface area contributed by atoms with Crippen molar-refractivity contribution < 1.29 is 8.83 Å². The zero-order chi connectivity index (χ0) is 38.2. The highest BCUT2D eigenvalue weighted by Gasteiger charge is 2.26. The first kappa shape index (κ1) is 32.9. The lowest BCUT2D eigenvalue weighted by Crippen LogP contribution is -2.33. The second-order valence-electron chi connectivity index (χ2n) is 15.5. The predicted molar refractivity (Wildman–Crippen MR) is 240 cm³/mol. The summed E-state index contributed by atoms with van der Waals surface area (Å²) in [5.41, 5.74) is 14.2. The van der Waals surface area contributed by atoms with Crippen molar-refractivity contribution >= 4 is 83.4 Å². The number of hydrogen-bond donors (Lipinski definition) is 0. The minimum Gasteiger partial charge on any atom is -0.454 e. The molecule has 58 heavy (non-hydrogen) atoms. The Morgan fingerprint density at radius 2 is 1.33 bits per heavy atom. The van der Waals surface area contributed by atoms with Crippen LogP contribution in [0.2, 0.25) is 0 Å². The molecule has 0 amide bonds. The molecule has 3 heterocycles. The molecule has 0 saturated carbocycles. The van der Waals surface area contributed by atoms with E-state index in [0.29, 0.717) is 0 Å². The maximum Gasteiger partial charge on any atom is 0.159 e. The molecule has 4 heteroatoms. The van der Waals surface area contributed by atoms with Gasteiger partial charge in [0.05, 0.1) is 22.4 Å². The van der Waals surface area contributed by atoms with Crippen molar-refractivity contribution in [3.63, 3.8) is 0 Å². The minimum atomic E-state index is 0.200. The van der Waals surface area contributed by atoms with E-state index in [1.807, 2.05) is 6.07 Å². The Hall–Kier alpha value is -7.30. The standard InChI is InChI=1S/C54H38N2O2/c1-2-17-39(18-3-1)55-47-25-7-4-20-41(47)42-31-30-38(34-50(42)55)36-15-10-14-35(32-36)37-16-11-19-40(33-37)56(48-26-12-23-45-43-21-5-8-28-51(43)57-53(45)48)49-27-13-24-46-44-22-6-9-29-52(44)58-54(46)49/h1-12,15-26,28-35H,13-14,27H2. The number of hydrogen-bond acceptors (Lipinski definition) is 3. The van der Waals surface area contributed by atoms with Crippen LogP contribution in [0.15, 0.2) is 191 Å². The third kappa shape index (κ3) is 5.15. The number of allylic oxidation sites excluding steroid dienone is 4. The molecule has 276 valence electrons. The molecule has 0 fully saturated rings. The molecule has 0 spiro atoms. The van der Waals surface area contributed by atoms with E-state index in [4.69, 9.17) is 8.83 Å². The van der Waals surface area contributed by atoms with Crippen molar-refractivity contribution in [1.29, 1.82) is 0 Å². The van der Waals surface area contributed by atoms with Gasteiger partial charge in [0.25, 0.3) is 0 Å². The van der Waals surface area contributed by atoms with Gasteiger partial charge in [0.2, 0.25) is 0 Å². The van der Waals surface area contributed by atoms with Crippen LogP contribution >= 0.6 is 0 Å². The van der Waals surface area contributed by atoms with Crippen molar-refractivity contribution in [3.05, 3.63) is 204 Å². The number of benzene rings is 7. The molecule has 1 unspecified atom stereocenters. The second-order valence-corrected chi connectivity index (χ2v) is 15.5. The lowest BCUT2D eigenvalue weighted by Gasteiger charge is -2.29. The molecule has 3 aromatic heterocycles. The Labute approximate surface area is 335 Å². The molecular weight excluding hydrogens is 709 g/mol. The van der Waals surface area contributed by atoms with Gasteiger partial charge in [0.15, 0.2) is 11.0 Å². The Kier molecular flexibility index (Phi) is 7.45. The molecule has 10 aromatic rings. The zero-order valence-corrected chi connectivity index (χ0v) is 31.8. The van der Waals surface area contributed by atoms with Crippen LogP contribution in [0.25, 0.3) is 77.7 Å². The van der Waals surface area contributed by atoms with Crippen LogP contribution in [-0.2, 0) is 0 Å². The van der Waals surface area contributed by atoms with Crippen LogP contribution in [0.4, 0.5) is 11.4 Å². The zero-order valence-electron chi connectivity index (χ0n) is 31.8. The minimum absolute atomic E-state index is 0.200. The van der Waals surface area contributed by atoms with E-state index >= 15 is 0 Å². The SMILES string of the molecule is C1=CC(c2ccc3c4ccccc4n(-c4ccccc4)c3c2)=CC(c2cccc(N(C3=c4oc5ccccc5c4=CCC3)c3cccc4c3oc3ccccc34)c2)C1. The first-order chi connectivity index (χ1) is 28.8. The smallest absolute Gasteiger partial charge is 0.159 e. The molecule has 1 atom stereocenters. The summed E-state index contributed by atoms with van der Waals surface area (Å²) in [5.74, 6) is 0.200.